The van der Waals surface area contributed by atoms with E-state index in [1.165, 1.54) is 31.4 Å². The Hall–Kier alpha value is -1.56. The molecule has 2 aliphatic carbocycles. The number of benzene rings is 1. The van der Waals surface area contributed by atoms with Crippen LogP contribution in [0.5, 0.6) is 0 Å². The van der Waals surface area contributed by atoms with Crippen molar-refractivity contribution in [3.63, 3.8) is 0 Å². The van der Waals surface area contributed by atoms with E-state index >= 15 is 0 Å². The number of hydrogen-bond acceptors (Lipinski definition) is 4. The van der Waals surface area contributed by atoms with Crippen molar-refractivity contribution in [3.05, 3.63) is 39.9 Å². The molecular formula is C16H18N2O3S. The molecule has 0 aromatic heterocycles. The predicted molar refractivity (Wildman–Crippen MR) is 84.4 cm³/mol. The van der Waals surface area contributed by atoms with Crippen LogP contribution in [-0.2, 0) is 4.79 Å². The van der Waals surface area contributed by atoms with E-state index in [2.05, 4.69) is 4.90 Å². The maximum atomic E-state index is 12.4. The molecule has 2 saturated carbocycles. The molecule has 4 atom stereocenters. The van der Waals surface area contributed by atoms with E-state index in [0.717, 1.165) is 17.9 Å². The molecule has 5 nitrogen and oxygen atoms in total. The predicted octanol–water partition coefficient (Wildman–Crippen LogP) is 3.36. The molecule has 0 N–H and O–H groups in total. The van der Waals surface area contributed by atoms with Crippen LogP contribution < -0.4 is 0 Å². The van der Waals surface area contributed by atoms with Crippen LogP contribution in [0, 0.1) is 22.0 Å². The Balaban J connectivity index is 1.60. The number of fused-ring (bicyclic) bond motifs is 2. The molecule has 1 amide bonds. The lowest BCUT2D eigenvalue weighted by Crippen LogP contribution is -2.41. The average molecular weight is 318 g/mol. The molecule has 0 radical (unpaired) electrons. The Morgan fingerprint density at radius 2 is 1.95 bits per heavy atom. The fourth-order valence-corrected chi connectivity index (χ4v) is 5.60. The van der Waals surface area contributed by atoms with Crippen molar-refractivity contribution in [1.82, 2.24) is 4.90 Å². The SMILES string of the molecule is O=C1CSC(c2ccc([N+](=O)[O-])cc2)N1C1CC2CCC1C2. The zero-order valence-electron chi connectivity index (χ0n) is 12.2. The zero-order valence-corrected chi connectivity index (χ0v) is 13.0. The van der Waals surface area contributed by atoms with Gasteiger partial charge < -0.3 is 4.90 Å². The highest BCUT2D eigenvalue weighted by Crippen LogP contribution is 2.51. The second-order valence-corrected chi connectivity index (χ2v) is 7.62. The topological polar surface area (TPSA) is 63.4 Å². The molecule has 3 aliphatic rings. The van der Waals surface area contributed by atoms with Crippen LogP contribution in [0.2, 0.25) is 0 Å². The van der Waals surface area contributed by atoms with Gasteiger partial charge in [-0.05, 0) is 48.8 Å². The average Bonchev–Trinajstić information content (AvgIpc) is 3.22. The Labute approximate surface area is 133 Å². The van der Waals surface area contributed by atoms with E-state index in [-0.39, 0.29) is 21.9 Å². The highest BCUT2D eigenvalue weighted by molar-refractivity contribution is 8.00. The zero-order chi connectivity index (χ0) is 15.3. The maximum Gasteiger partial charge on any atom is 0.269 e. The van der Waals surface area contributed by atoms with Gasteiger partial charge in [0.2, 0.25) is 5.91 Å². The standard InChI is InChI=1S/C16H18N2O3S/c19-15-9-22-16(11-3-5-13(6-4-11)18(20)21)17(15)14-8-10-1-2-12(14)7-10/h3-6,10,12,14,16H,1-2,7-9H2. The summed E-state index contributed by atoms with van der Waals surface area (Å²) in [6, 6.07) is 7.06. The first-order valence-corrected chi connectivity index (χ1v) is 8.85. The van der Waals surface area contributed by atoms with Gasteiger partial charge in [-0.15, -0.1) is 11.8 Å². The number of hydrogen-bond donors (Lipinski definition) is 0. The molecule has 22 heavy (non-hydrogen) atoms. The highest BCUT2D eigenvalue weighted by Gasteiger charge is 2.48. The number of amides is 1. The molecule has 1 heterocycles. The number of non-ortho nitro benzene ring substituents is 1. The molecule has 1 aromatic rings. The molecule has 2 bridgehead atoms. The van der Waals surface area contributed by atoms with Crippen LogP contribution in [0.25, 0.3) is 0 Å². The van der Waals surface area contributed by atoms with Crippen molar-refractivity contribution in [2.75, 3.05) is 5.75 Å². The molecule has 4 unspecified atom stereocenters. The quantitative estimate of drug-likeness (QED) is 0.633. The minimum Gasteiger partial charge on any atom is -0.323 e. The summed E-state index contributed by atoms with van der Waals surface area (Å²) in [5.74, 6) is 2.21. The van der Waals surface area contributed by atoms with Gasteiger partial charge in [-0.2, -0.15) is 0 Å². The molecule has 1 aromatic carbocycles. The smallest absolute Gasteiger partial charge is 0.269 e. The first-order valence-electron chi connectivity index (χ1n) is 7.80. The summed E-state index contributed by atoms with van der Waals surface area (Å²) < 4.78 is 0. The second kappa shape index (κ2) is 5.26. The third kappa shape index (κ3) is 2.20. The van der Waals surface area contributed by atoms with Gasteiger partial charge >= 0.3 is 0 Å². The molecular weight excluding hydrogens is 300 g/mol. The van der Waals surface area contributed by atoms with Gasteiger partial charge in [-0.25, -0.2) is 0 Å². The van der Waals surface area contributed by atoms with Crippen molar-refractivity contribution in [1.29, 1.82) is 0 Å². The fraction of sp³-hybridized carbons (Fsp3) is 0.562. The van der Waals surface area contributed by atoms with E-state index in [4.69, 9.17) is 0 Å². The number of carbonyl (C=O) groups is 1. The fourth-order valence-electron chi connectivity index (χ4n) is 4.36. The van der Waals surface area contributed by atoms with E-state index < -0.39 is 0 Å². The number of nitro groups is 1. The first-order chi connectivity index (χ1) is 10.6. The minimum absolute atomic E-state index is 0.0256. The third-order valence-electron chi connectivity index (χ3n) is 5.35. The van der Waals surface area contributed by atoms with Gasteiger partial charge in [-0.3, -0.25) is 14.9 Å². The Morgan fingerprint density at radius 3 is 2.55 bits per heavy atom. The van der Waals surface area contributed by atoms with Crippen molar-refractivity contribution < 1.29 is 9.72 Å². The monoisotopic (exact) mass is 318 g/mol. The van der Waals surface area contributed by atoms with Crippen molar-refractivity contribution in [2.24, 2.45) is 11.8 Å². The largest absolute Gasteiger partial charge is 0.323 e. The lowest BCUT2D eigenvalue weighted by molar-refractivity contribution is -0.384. The van der Waals surface area contributed by atoms with Crippen molar-refractivity contribution in [3.8, 4) is 0 Å². The summed E-state index contributed by atoms with van der Waals surface area (Å²) >= 11 is 1.65. The number of carbonyl (C=O) groups excluding carboxylic acids is 1. The summed E-state index contributed by atoms with van der Waals surface area (Å²) in [4.78, 5) is 24.9. The Kier molecular flexibility index (Phi) is 3.36. The molecule has 1 saturated heterocycles. The van der Waals surface area contributed by atoms with E-state index in [1.807, 2.05) is 0 Å². The number of rotatable bonds is 3. The second-order valence-electron chi connectivity index (χ2n) is 6.56. The molecule has 6 heteroatoms. The van der Waals surface area contributed by atoms with Crippen LogP contribution in [0.1, 0.15) is 36.6 Å². The first kappa shape index (κ1) is 14.1. The van der Waals surface area contributed by atoms with E-state index in [9.17, 15) is 14.9 Å². The Morgan fingerprint density at radius 1 is 1.18 bits per heavy atom. The van der Waals surface area contributed by atoms with E-state index in [1.54, 1.807) is 23.9 Å². The van der Waals surface area contributed by atoms with E-state index in [0.29, 0.717) is 17.7 Å². The highest BCUT2D eigenvalue weighted by atomic mass is 32.2. The number of nitrogens with zero attached hydrogens (tertiary/aromatic N) is 2. The summed E-state index contributed by atoms with van der Waals surface area (Å²) in [7, 11) is 0. The van der Waals surface area contributed by atoms with Crippen molar-refractivity contribution >= 4 is 23.4 Å². The molecule has 4 rings (SSSR count). The van der Waals surface area contributed by atoms with Crippen LogP contribution in [-0.4, -0.2) is 27.5 Å². The molecule has 116 valence electrons. The van der Waals surface area contributed by atoms with Gasteiger partial charge in [0.1, 0.15) is 5.37 Å². The minimum atomic E-state index is -0.385. The summed E-state index contributed by atoms with van der Waals surface area (Å²) in [5.41, 5.74) is 1.11. The normalized spacial score (nSPS) is 33.6. The summed E-state index contributed by atoms with van der Waals surface area (Å²) in [6.07, 6.45) is 4.97. The number of thioether (sulfide) groups is 1. The van der Waals surface area contributed by atoms with Gasteiger partial charge in [0.05, 0.1) is 10.7 Å². The maximum absolute atomic E-state index is 12.4. The van der Waals surface area contributed by atoms with Crippen LogP contribution in [0.3, 0.4) is 0 Å². The number of nitro benzene ring substituents is 1. The lowest BCUT2D eigenvalue weighted by Gasteiger charge is -2.35. The van der Waals surface area contributed by atoms with Gasteiger partial charge in [0, 0.05) is 18.2 Å². The van der Waals surface area contributed by atoms with Crippen LogP contribution in [0.15, 0.2) is 24.3 Å². The van der Waals surface area contributed by atoms with Crippen LogP contribution in [0.4, 0.5) is 5.69 Å². The Bertz CT molecular complexity index is 618. The summed E-state index contributed by atoms with van der Waals surface area (Å²) in [6.45, 7) is 0. The van der Waals surface area contributed by atoms with Crippen LogP contribution >= 0.6 is 11.8 Å². The lowest BCUT2D eigenvalue weighted by atomic mass is 9.93. The van der Waals surface area contributed by atoms with Gasteiger partial charge in [-0.1, -0.05) is 6.42 Å². The third-order valence-corrected chi connectivity index (χ3v) is 6.58. The molecule has 1 aliphatic heterocycles. The molecule has 0 spiro atoms. The van der Waals surface area contributed by atoms with Gasteiger partial charge in [0.25, 0.3) is 5.69 Å². The molecule has 3 fully saturated rings. The summed E-state index contributed by atoms with van der Waals surface area (Å²) in [5, 5.41) is 10.8. The van der Waals surface area contributed by atoms with Crippen molar-refractivity contribution in [2.45, 2.75) is 37.1 Å². The van der Waals surface area contributed by atoms with Gasteiger partial charge in [0.15, 0.2) is 0 Å².